The molecule has 2 aromatic heterocycles. The maximum Gasteiger partial charge on any atom is 0.257 e. The number of hydrogen-bond acceptors (Lipinski definition) is 9. The number of aromatic nitrogens is 3. The van der Waals surface area contributed by atoms with Crippen LogP contribution in [-0.4, -0.2) is 50.9 Å². The van der Waals surface area contributed by atoms with Gasteiger partial charge in [-0.05, 0) is 37.5 Å². The molecule has 31 heavy (non-hydrogen) atoms. The van der Waals surface area contributed by atoms with E-state index in [4.69, 9.17) is 0 Å². The summed E-state index contributed by atoms with van der Waals surface area (Å²) in [6.07, 6.45) is 1.68. The van der Waals surface area contributed by atoms with Crippen molar-refractivity contribution in [2.45, 2.75) is 13.8 Å². The SMILES string of the molecule is CCNc1cccc2c(O)c(C(=O)N(C)C)cc(/N=N/c3snc4nc(C)ncc34)c12. The number of carbonyl (C=O) groups is 1. The minimum absolute atomic E-state index is 0.0838. The summed E-state index contributed by atoms with van der Waals surface area (Å²) in [5, 5.41) is 25.4. The van der Waals surface area contributed by atoms with E-state index >= 15 is 0 Å². The van der Waals surface area contributed by atoms with E-state index < -0.39 is 0 Å². The van der Waals surface area contributed by atoms with Gasteiger partial charge in [0.1, 0.15) is 11.6 Å². The van der Waals surface area contributed by atoms with E-state index in [1.165, 1.54) is 16.4 Å². The van der Waals surface area contributed by atoms with Gasteiger partial charge in [0, 0.05) is 43.3 Å². The van der Waals surface area contributed by atoms with Crippen molar-refractivity contribution in [1.82, 2.24) is 19.2 Å². The molecule has 0 aliphatic heterocycles. The Hall–Kier alpha value is -3.66. The number of phenolic OH excluding ortho intramolecular Hbond substituents is 1. The maximum absolute atomic E-state index is 12.7. The number of benzene rings is 2. The second kappa shape index (κ2) is 8.23. The highest BCUT2D eigenvalue weighted by molar-refractivity contribution is 7.11. The Morgan fingerprint density at radius 3 is 2.81 bits per heavy atom. The third-order valence-electron chi connectivity index (χ3n) is 4.70. The zero-order valence-electron chi connectivity index (χ0n) is 17.5. The van der Waals surface area contributed by atoms with Crippen LogP contribution in [0.5, 0.6) is 5.75 Å². The molecule has 1 amide bonds. The van der Waals surface area contributed by atoms with Gasteiger partial charge in [-0.2, -0.15) is 4.37 Å². The Balaban J connectivity index is 1.93. The highest BCUT2D eigenvalue weighted by atomic mass is 32.1. The average molecular weight is 436 g/mol. The number of nitrogens with zero attached hydrogens (tertiary/aromatic N) is 6. The molecule has 0 atom stereocenters. The smallest absolute Gasteiger partial charge is 0.257 e. The molecule has 0 spiro atoms. The minimum Gasteiger partial charge on any atom is -0.506 e. The van der Waals surface area contributed by atoms with Crippen molar-refractivity contribution >= 4 is 55.6 Å². The third kappa shape index (κ3) is 3.77. The van der Waals surface area contributed by atoms with Gasteiger partial charge in [-0.25, -0.2) is 9.97 Å². The molecule has 4 rings (SSSR count). The van der Waals surface area contributed by atoms with Crippen LogP contribution in [0.4, 0.5) is 16.4 Å². The van der Waals surface area contributed by atoms with E-state index in [2.05, 4.69) is 29.9 Å². The number of aryl methyl sites for hydroxylation is 1. The first kappa shape index (κ1) is 20.6. The van der Waals surface area contributed by atoms with Gasteiger partial charge in [-0.1, -0.05) is 12.1 Å². The molecule has 2 heterocycles. The lowest BCUT2D eigenvalue weighted by Crippen LogP contribution is -2.21. The van der Waals surface area contributed by atoms with Crippen LogP contribution >= 0.6 is 11.5 Å². The van der Waals surface area contributed by atoms with Gasteiger partial charge in [-0.3, -0.25) is 4.79 Å². The van der Waals surface area contributed by atoms with Crippen LogP contribution in [-0.2, 0) is 0 Å². The Morgan fingerprint density at radius 2 is 2.06 bits per heavy atom. The highest BCUT2D eigenvalue weighted by Crippen LogP contribution is 2.41. The largest absolute Gasteiger partial charge is 0.506 e. The molecule has 0 aliphatic rings. The quantitative estimate of drug-likeness (QED) is 0.435. The Morgan fingerprint density at radius 1 is 1.26 bits per heavy atom. The Bertz CT molecular complexity index is 1330. The molecule has 2 aromatic carbocycles. The fourth-order valence-corrected chi connectivity index (χ4v) is 3.89. The Labute approximate surface area is 182 Å². The van der Waals surface area contributed by atoms with Crippen LogP contribution in [0.3, 0.4) is 0 Å². The molecular weight excluding hydrogens is 414 g/mol. The van der Waals surface area contributed by atoms with E-state index in [9.17, 15) is 9.90 Å². The Kier molecular flexibility index (Phi) is 5.47. The van der Waals surface area contributed by atoms with Gasteiger partial charge in [0.25, 0.3) is 5.91 Å². The molecule has 0 radical (unpaired) electrons. The van der Waals surface area contributed by atoms with Gasteiger partial charge >= 0.3 is 0 Å². The molecule has 9 nitrogen and oxygen atoms in total. The van der Waals surface area contributed by atoms with Crippen molar-refractivity contribution in [3.8, 4) is 5.75 Å². The van der Waals surface area contributed by atoms with Crippen LogP contribution in [0.2, 0.25) is 0 Å². The first-order valence-electron chi connectivity index (χ1n) is 9.65. The molecule has 158 valence electrons. The van der Waals surface area contributed by atoms with Crippen molar-refractivity contribution in [2.24, 2.45) is 10.2 Å². The van der Waals surface area contributed by atoms with E-state index in [1.807, 2.05) is 19.1 Å². The van der Waals surface area contributed by atoms with E-state index in [0.717, 1.165) is 5.69 Å². The number of azo groups is 1. The van der Waals surface area contributed by atoms with Crippen LogP contribution in [0.25, 0.3) is 21.8 Å². The summed E-state index contributed by atoms with van der Waals surface area (Å²) < 4.78 is 4.31. The number of anilines is 1. The van der Waals surface area contributed by atoms with Gasteiger partial charge < -0.3 is 15.3 Å². The summed E-state index contributed by atoms with van der Waals surface area (Å²) in [4.78, 5) is 22.6. The molecule has 0 bridgehead atoms. The monoisotopic (exact) mass is 435 g/mol. The molecular formula is C21H21N7O2S. The molecule has 0 aliphatic carbocycles. The third-order valence-corrected chi connectivity index (χ3v) is 5.44. The first-order chi connectivity index (χ1) is 14.9. The van der Waals surface area contributed by atoms with Crippen molar-refractivity contribution in [3.05, 3.63) is 41.9 Å². The number of hydrogen-bond donors (Lipinski definition) is 2. The maximum atomic E-state index is 12.7. The number of fused-ring (bicyclic) bond motifs is 2. The van der Waals surface area contributed by atoms with Crippen LogP contribution < -0.4 is 5.32 Å². The summed E-state index contributed by atoms with van der Waals surface area (Å²) in [7, 11) is 3.27. The lowest BCUT2D eigenvalue weighted by molar-refractivity contribution is 0.0825. The standard InChI is InChI=1S/C21H21N7O2S/c1-5-22-15-8-6-7-12-17(15)16(9-13(18(12)29)21(30)28(3)4)25-26-20-14-10-23-11(2)24-19(14)27-31-20/h6-10,22,29H,5H2,1-4H3/b26-25+. The second-order valence-corrected chi connectivity index (χ2v) is 7.84. The zero-order valence-corrected chi connectivity index (χ0v) is 18.4. The molecule has 4 aromatic rings. The minimum atomic E-state index is -0.322. The second-order valence-electron chi connectivity index (χ2n) is 7.09. The summed E-state index contributed by atoms with van der Waals surface area (Å²) >= 11 is 1.18. The number of phenols is 1. The van der Waals surface area contributed by atoms with Crippen LogP contribution in [0.15, 0.2) is 40.7 Å². The normalized spacial score (nSPS) is 11.5. The number of nitrogens with one attached hydrogen (secondary N) is 1. The van der Waals surface area contributed by atoms with Crippen molar-refractivity contribution in [1.29, 1.82) is 0 Å². The molecule has 0 saturated heterocycles. The van der Waals surface area contributed by atoms with Crippen molar-refractivity contribution in [3.63, 3.8) is 0 Å². The summed E-state index contributed by atoms with van der Waals surface area (Å²) in [6, 6.07) is 7.04. The predicted molar refractivity (Wildman–Crippen MR) is 122 cm³/mol. The van der Waals surface area contributed by atoms with E-state index in [1.54, 1.807) is 39.3 Å². The number of amides is 1. The van der Waals surface area contributed by atoms with Gasteiger partial charge in [0.05, 0.1) is 16.6 Å². The molecule has 10 heteroatoms. The first-order valence-corrected chi connectivity index (χ1v) is 10.4. The summed E-state index contributed by atoms with van der Waals surface area (Å²) in [6.45, 7) is 4.47. The summed E-state index contributed by atoms with van der Waals surface area (Å²) in [5.74, 6) is 0.226. The average Bonchev–Trinajstić information content (AvgIpc) is 3.15. The fraction of sp³-hybridized carbons (Fsp3) is 0.238. The predicted octanol–water partition coefficient (Wildman–Crippen LogP) is 4.80. The number of carbonyl (C=O) groups excluding carboxylic acids is 1. The lowest BCUT2D eigenvalue weighted by Gasteiger charge is -2.16. The summed E-state index contributed by atoms with van der Waals surface area (Å²) in [5.41, 5.74) is 1.98. The van der Waals surface area contributed by atoms with Crippen molar-refractivity contribution in [2.75, 3.05) is 26.0 Å². The lowest BCUT2D eigenvalue weighted by atomic mass is 10.0. The number of rotatable bonds is 5. The highest BCUT2D eigenvalue weighted by Gasteiger charge is 2.20. The van der Waals surface area contributed by atoms with Gasteiger partial charge in [0.2, 0.25) is 0 Å². The molecule has 0 fully saturated rings. The zero-order chi connectivity index (χ0) is 22.1. The molecule has 2 N–H and O–H groups in total. The van der Waals surface area contributed by atoms with E-state index in [-0.39, 0.29) is 17.2 Å². The fourth-order valence-electron chi connectivity index (χ4n) is 3.25. The van der Waals surface area contributed by atoms with E-state index in [0.29, 0.717) is 44.9 Å². The van der Waals surface area contributed by atoms with Gasteiger partial charge in [-0.15, -0.1) is 10.2 Å². The topological polar surface area (TPSA) is 116 Å². The van der Waals surface area contributed by atoms with Crippen LogP contribution in [0.1, 0.15) is 23.1 Å². The molecule has 0 unspecified atom stereocenters. The van der Waals surface area contributed by atoms with Crippen LogP contribution in [0, 0.1) is 6.92 Å². The number of aromatic hydroxyl groups is 1. The molecule has 0 saturated carbocycles. The van der Waals surface area contributed by atoms with Gasteiger partial charge in [0.15, 0.2) is 10.6 Å². The van der Waals surface area contributed by atoms with Crippen molar-refractivity contribution < 1.29 is 9.90 Å².